The Bertz CT molecular complexity index is 1350. The Hall–Kier alpha value is -3.58. The molecule has 1 aromatic heterocycles. The van der Waals surface area contributed by atoms with Gasteiger partial charge in [-0.2, -0.15) is 0 Å². The van der Waals surface area contributed by atoms with Crippen molar-refractivity contribution in [3.8, 4) is 11.5 Å². The van der Waals surface area contributed by atoms with Crippen molar-refractivity contribution in [1.29, 1.82) is 0 Å². The number of rotatable bonds is 8. The third-order valence-electron chi connectivity index (χ3n) is 8.18. The average molecular weight is 502 g/mol. The molecule has 0 saturated carbocycles. The molecular formula is C30H35N3O4. The van der Waals surface area contributed by atoms with Crippen molar-refractivity contribution < 1.29 is 19.4 Å². The Balaban J connectivity index is 1.61. The summed E-state index contributed by atoms with van der Waals surface area (Å²) in [7, 11) is 1.65. The maximum Gasteiger partial charge on any atom is 0.235 e. The molecule has 3 aromatic rings. The summed E-state index contributed by atoms with van der Waals surface area (Å²) in [6.07, 6.45) is 3.95. The summed E-state index contributed by atoms with van der Waals surface area (Å²) in [6, 6.07) is 13.3. The van der Waals surface area contributed by atoms with Crippen LogP contribution >= 0.6 is 0 Å². The molecule has 5 rings (SSSR count). The van der Waals surface area contributed by atoms with Gasteiger partial charge in [0.25, 0.3) is 0 Å². The van der Waals surface area contributed by atoms with Crippen LogP contribution in [0.15, 0.2) is 55.1 Å². The number of H-pyrrole nitrogens is 1. The Morgan fingerprint density at radius 2 is 2.11 bits per heavy atom. The third-order valence-corrected chi connectivity index (χ3v) is 8.18. The van der Waals surface area contributed by atoms with Crippen LogP contribution in [-0.4, -0.2) is 53.5 Å². The number of phenols is 1. The predicted octanol–water partition coefficient (Wildman–Crippen LogP) is 4.51. The van der Waals surface area contributed by atoms with E-state index in [1.54, 1.807) is 25.3 Å². The van der Waals surface area contributed by atoms with Gasteiger partial charge in [0.15, 0.2) is 0 Å². The van der Waals surface area contributed by atoms with Crippen LogP contribution in [0.2, 0.25) is 0 Å². The molecule has 2 aromatic carbocycles. The summed E-state index contributed by atoms with van der Waals surface area (Å²) in [4.78, 5) is 32.6. The van der Waals surface area contributed by atoms with Gasteiger partial charge in [-0.3, -0.25) is 14.5 Å². The molecule has 3 atom stereocenters. The number of aromatic hydroxyl groups is 1. The third kappa shape index (κ3) is 4.42. The van der Waals surface area contributed by atoms with E-state index in [9.17, 15) is 14.7 Å². The lowest BCUT2D eigenvalue weighted by molar-refractivity contribution is -0.151. The van der Waals surface area contributed by atoms with E-state index < -0.39 is 5.41 Å². The smallest absolute Gasteiger partial charge is 0.235 e. The standard InChI is InChI=1S/C30H35N3O4/c1-4-13-31-14-6-15-33-26(35)12-10-24-27(19-7-5-8-20(34)16-19)28-23(18-30(24,2)29(33)36)22-17-21(37-3)9-11-25(22)32-28/h4-5,7-9,11,16-17,24,27,31-32,34H,1,6,10,12-15,18H2,2-3H3/t24?,27?,30-/m1/s1. The number of fused-ring (bicyclic) bond motifs is 4. The quantitative estimate of drug-likeness (QED) is 0.240. The van der Waals surface area contributed by atoms with Gasteiger partial charge in [0, 0.05) is 42.0 Å². The lowest BCUT2D eigenvalue weighted by atomic mass is 9.59. The zero-order chi connectivity index (χ0) is 26.2. The van der Waals surface area contributed by atoms with Crippen LogP contribution in [0.25, 0.3) is 10.9 Å². The Labute approximate surface area is 217 Å². The van der Waals surface area contributed by atoms with Gasteiger partial charge < -0.3 is 20.1 Å². The van der Waals surface area contributed by atoms with E-state index in [4.69, 9.17) is 4.74 Å². The van der Waals surface area contributed by atoms with Crippen molar-refractivity contribution in [2.75, 3.05) is 26.7 Å². The molecule has 1 saturated heterocycles. The van der Waals surface area contributed by atoms with Gasteiger partial charge >= 0.3 is 0 Å². The van der Waals surface area contributed by atoms with Crippen LogP contribution in [0.3, 0.4) is 0 Å². The number of imide groups is 1. The first-order valence-electron chi connectivity index (χ1n) is 13.0. The zero-order valence-electron chi connectivity index (χ0n) is 21.5. The van der Waals surface area contributed by atoms with Crippen molar-refractivity contribution in [2.45, 2.75) is 38.5 Å². The molecule has 0 radical (unpaired) electrons. The van der Waals surface area contributed by atoms with E-state index in [0.29, 0.717) is 45.3 Å². The van der Waals surface area contributed by atoms with Gasteiger partial charge in [-0.25, -0.2) is 0 Å². The van der Waals surface area contributed by atoms with E-state index in [-0.39, 0.29) is 29.4 Å². The fraction of sp³-hybridized carbons (Fsp3) is 0.400. The second-order valence-corrected chi connectivity index (χ2v) is 10.4. The molecule has 2 aliphatic rings. The number of nitrogens with zero attached hydrogens (tertiary/aromatic N) is 1. The number of benzene rings is 2. The van der Waals surface area contributed by atoms with Crippen LogP contribution < -0.4 is 10.1 Å². The minimum atomic E-state index is -0.776. The number of carbonyl (C=O) groups excluding carboxylic acids is 2. The molecule has 0 spiro atoms. The molecule has 7 nitrogen and oxygen atoms in total. The van der Waals surface area contributed by atoms with E-state index in [0.717, 1.165) is 33.5 Å². The first kappa shape index (κ1) is 25.1. The first-order chi connectivity index (χ1) is 17.9. The number of methoxy groups -OCH3 is 1. The predicted molar refractivity (Wildman–Crippen MR) is 144 cm³/mol. The molecule has 2 amide bonds. The van der Waals surface area contributed by atoms with Crippen LogP contribution in [-0.2, 0) is 16.0 Å². The number of ether oxygens (including phenoxy) is 1. The summed E-state index contributed by atoms with van der Waals surface area (Å²) < 4.78 is 5.51. The highest BCUT2D eigenvalue weighted by molar-refractivity contribution is 6.00. The highest BCUT2D eigenvalue weighted by Crippen LogP contribution is 2.55. The molecule has 1 aliphatic carbocycles. The lowest BCUT2D eigenvalue weighted by Gasteiger charge is -2.45. The number of amides is 2. The monoisotopic (exact) mass is 501 g/mol. The number of aromatic amines is 1. The summed E-state index contributed by atoms with van der Waals surface area (Å²) in [5.41, 5.74) is 3.29. The van der Waals surface area contributed by atoms with E-state index in [1.165, 1.54) is 4.90 Å². The number of aromatic nitrogens is 1. The van der Waals surface area contributed by atoms with Gasteiger partial charge in [0.1, 0.15) is 11.5 Å². The number of nitrogens with one attached hydrogen (secondary N) is 2. The first-order valence-corrected chi connectivity index (χ1v) is 13.0. The second-order valence-electron chi connectivity index (χ2n) is 10.4. The molecule has 194 valence electrons. The highest BCUT2D eigenvalue weighted by Gasteiger charge is 2.54. The van der Waals surface area contributed by atoms with Crippen LogP contribution in [0.5, 0.6) is 11.5 Å². The SMILES string of the molecule is C=CCNCCCN1C(=O)CCC2C(c3cccc(O)c3)c3[nH]c4ccc(OC)cc4c3C[C@@]2(C)C1=O. The lowest BCUT2D eigenvalue weighted by Crippen LogP contribution is -2.51. The maximum absolute atomic E-state index is 14.3. The van der Waals surface area contributed by atoms with E-state index in [1.807, 2.05) is 37.3 Å². The van der Waals surface area contributed by atoms with Crippen molar-refractivity contribution in [3.63, 3.8) is 0 Å². The molecular weight excluding hydrogens is 466 g/mol. The van der Waals surface area contributed by atoms with Gasteiger partial charge in [-0.15, -0.1) is 6.58 Å². The molecule has 37 heavy (non-hydrogen) atoms. The Morgan fingerprint density at radius 3 is 2.86 bits per heavy atom. The van der Waals surface area contributed by atoms with Crippen LogP contribution in [0.4, 0.5) is 0 Å². The largest absolute Gasteiger partial charge is 0.508 e. The Morgan fingerprint density at radius 1 is 1.27 bits per heavy atom. The minimum absolute atomic E-state index is 0.0999. The van der Waals surface area contributed by atoms with Crippen LogP contribution in [0.1, 0.15) is 48.9 Å². The van der Waals surface area contributed by atoms with Crippen molar-refractivity contribution in [1.82, 2.24) is 15.2 Å². The van der Waals surface area contributed by atoms with Crippen molar-refractivity contribution in [2.24, 2.45) is 11.3 Å². The molecule has 1 aliphatic heterocycles. The topological polar surface area (TPSA) is 94.7 Å². The van der Waals surface area contributed by atoms with Gasteiger partial charge in [-0.1, -0.05) is 25.1 Å². The molecule has 2 heterocycles. The van der Waals surface area contributed by atoms with Gasteiger partial charge in [0.2, 0.25) is 11.8 Å². The molecule has 3 N–H and O–H groups in total. The number of hydrogen-bond acceptors (Lipinski definition) is 5. The number of phenolic OH excluding ortho intramolecular Hbond substituents is 1. The molecule has 7 heteroatoms. The fourth-order valence-corrected chi connectivity index (χ4v) is 6.36. The molecule has 0 bridgehead atoms. The molecule has 2 unspecified atom stereocenters. The maximum atomic E-state index is 14.3. The van der Waals surface area contributed by atoms with Crippen LogP contribution in [0, 0.1) is 11.3 Å². The number of carbonyl (C=O) groups is 2. The Kier molecular flexibility index (Phi) is 6.82. The van der Waals surface area contributed by atoms with Crippen molar-refractivity contribution >= 4 is 22.7 Å². The van der Waals surface area contributed by atoms with Crippen molar-refractivity contribution in [3.05, 3.63) is 71.9 Å². The summed E-state index contributed by atoms with van der Waals surface area (Å²) in [5.74, 6) is 0.480. The fourth-order valence-electron chi connectivity index (χ4n) is 6.36. The van der Waals surface area contributed by atoms with E-state index in [2.05, 4.69) is 16.9 Å². The number of likely N-dealkylation sites (tertiary alicyclic amines) is 1. The zero-order valence-corrected chi connectivity index (χ0v) is 21.5. The second kappa shape index (κ2) is 10.1. The normalized spacial score (nSPS) is 23.5. The minimum Gasteiger partial charge on any atom is -0.508 e. The highest BCUT2D eigenvalue weighted by atomic mass is 16.5. The van der Waals surface area contributed by atoms with Gasteiger partial charge in [-0.05, 0) is 73.2 Å². The number of hydrogen-bond donors (Lipinski definition) is 3. The molecule has 1 fully saturated rings. The summed E-state index contributed by atoms with van der Waals surface area (Å²) in [5, 5.41) is 14.6. The van der Waals surface area contributed by atoms with Gasteiger partial charge in [0.05, 0.1) is 12.5 Å². The average Bonchev–Trinajstić information content (AvgIpc) is 3.21. The summed E-state index contributed by atoms with van der Waals surface area (Å²) >= 11 is 0. The van der Waals surface area contributed by atoms with E-state index >= 15 is 0 Å². The summed E-state index contributed by atoms with van der Waals surface area (Å²) in [6.45, 7) is 7.55.